The Morgan fingerprint density at radius 2 is 2.14 bits per heavy atom. The Morgan fingerprint density at radius 3 is 2.14 bits per heavy atom. The van der Waals surface area contributed by atoms with E-state index in [-0.39, 0.29) is 15.8 Å². The van der Waals surface area contributed by atoms with E-state index in [0.29, 0.717) is 0 Å². The molecule has 0 heterocycles. The molecule has 0 aliphatic heterocycles. The predicted octanol–water partition coefficient (Wildman–Crippen LogP) is -1.23. The van der Waals surface area contributed by atoms with Crippen LogP contribution in [0.5, 0.6) is 0 Å². The van der Waals surface area contributed by atoms with E-state index in [1.165, 1.54) is 25.8 Å². The van der Waals surface area contributed by atoms with Gasteiger partial charge in [-0.25, -0.2) is 0 Å². The predicted molar refractivity (Wildman–Crippen MR) is 33.8 cm³/mol. The van der Waals surface area contributed by atoms with Crippen molar-refractivity contribution in [3.05, 3.63) is 0 Å². The minimum atomic E-state index is -0.0561. The molecular formula is C2H8GaN2OP. The molecule has 5 heteroatoms. The minimum absolute atomic E-state index is 0. The van der Waals surface area contributed by atoms with E-state index in [0.717, 1.165) is 0 Å². The Kier molecular flexibility index (Phi) is 9.72. The van der Waals surface area contributed by atoms with Gasteiger partial charge in [-0.3, -0.25) is 0 Å². The van der Waals surface area contributed by atoms with Crippen LogP contribution in [0.2, 0.25) is 0 Å². The van der Waals surface area contributed by atoms with Gasteiger partial charge >= 0.3 is 46.0 Å². The van der Waals surface area contributed by atoms with Crippen LogP contribution in [0.1, 0.15) is 6.92 Å². The molecule has 3 nitrogen and oxygen atoms in total. The SMILES string of the molecule is CC(=O)N[NH][Ga].P. The fraction of sp³-hybridized carbons (Fsp3) is 0.500. The molecule has 1 unspecified atom stereocenters. The summed E-state index contributed by atoms with van der Waals surface area (Å²) < 4.78 is 2.53. The van der Waals surface area contributed by atoms with Crippen molar-refractivity contribution >= 4 is 34.6 Å². The van der Waals surface area contributed by atoms with Crippen LogP contribution >= 0.6 is 9.90 Å². The summed E-state index contributed by atoms with van der Waals surface area (Å²) >= 11 is 1.26. The first kappa shape index (κ1) is 10.5. The maximum Gasteiger partial charge on any atom is -0.153 e. The van der Waals surface area contributed by atoms with E-state index in [4.69, 9.17) is 0 Å². The number of nitrogens with one attached hydrogen (secondary N) is 2. The number of hydrogen-bond donors (Lipinski definition) is 2. The van der Waals surface area contributed by atoms with Crippen LogP contribution in [-0.4, -0.2) is 24.7 Å². The number of amides is 1. The van der Waals surface area contributed by atoms with Gasteiger partial charge in [-0.05, 0) is 0 Å². The molecule has 1 amide bonds. The second-order valence-corrected chi connectivity index (χ2v) is 1.43. The fourth-order valence-electron chi connectivity index (χ4n) is 0.102. The summed E-state index contributed by atoms with van der Waals surface area (Å²) in [7, 11) is 0. The van der Waals surface area contributed by atoms with Crippen molar-refractivity contribution in [2.45, 2.75) is 6.92 Å². The topological polar surface area (TPSA) is 41.1 Å². The van der Waals surface area contributed by atoms with E-state index < -0.39 is 0 Å². The number of rotatable bonds is 1. The van der Waals surface area contributed by atoms with Gasteiger partial charge in [-0.15, -0.1) is 0 Å². The van der Waals surface area contributed by atoms with Gasteiger partial charge in [0.05, 0.1) is 0 Å². The Morgan fingerprint density at radius 1 is 1.71 bits per heavy atom. The van der Waals surface area contributed by atoms with Crippen molar-refractivity contribution in [3.8, 4) is 0 Å². The number of carbonyl (C=O) groups is 1. The molecule has 0 fully saturated rings. The summed E-state index contributed by atoms with van der Waals surface area (Å²) in [6, 6.07) is 0. The molecule has 2 radical (unpaired) electrons. The summed E-state index contributed by atoms with van der Waals surface area (Å²) in [5.41, 5.74) is 2.35. The quantitative estimate of drug-likeness (QED) is 0.299. The first-order valence-corrected chi connectivity index (χ1v) is 2.70. The Hall–Kier alpha value is 0.496. The van der Waals surface area contributed by atoms with Crippen molar-refractivity contribution in [2.24, 2.45) is 0 Å². The monoisotopic (exact) mass is 176 g/mol. The van der Waals surface area contributed by atoms with Gasteiger partial charge in [0, 0.05) is 0 Å². The number of hydrogen-bond acceptors (Lipinski definition) is 2. The van der Waals surface area contributed by atoms with Crippen molar-refractivity contribution in [1.82, 2.24) is 9.56 Å². The molecule has 0 aromatic rings. The maximum absolute atomic E-state index is 9.88. The van der Waals surface area contributed by atoms with Gasteiger partial charge in [0.2, 0.25) is 0 Å². The molecule has 0 aliphatic rings. The van der Waals surface area contributed by atoms with Gasteiger partial charge in [0.1, 0.15) is 0 Å². The van der Waals surface area contributed by atoms with Gasteiger partial charge in [-0.1, -0.05) is 0 Å². The summed E-state index contributed by atoms with van der Waals surface area (Å²) in [5, 5.41) is 0. The standard InChI is InChI=1S/C2H5N2O.Ga.H3P/c1-2(5)4-3;;/h3H,1H3,(H,4,5);;1H3/q-1;+1;. The molecule has 0 rings (SSSR count). The van der Waals surface area contributed by atoms with Crippen LogP contribution in [0.4, 0.5) is 0 Å². The van der Waals surface area contributed by atoms with Crippen LogP contribution in [-0.2, 0) is 4.79 Å². The zero-order valence-corrected chi connectivity index (χ0v) is 8.03. The molecule has 0 aromatic carbocycles. The van der Waals surface area contributed by atoms with Gasteiger partial charge in [0.15, 0.2) is 0 Å². The first-order valence-electron chi connectivity index (χ1n) is 1.49. The van der Waals surface area contributed by atoms with Crippen LogP contribution in [0, 0.1) is 0 Å². The molecule has 0 spiro atoms. The Balaban J connectivity index is 0. The van der Waals surface area contributed by atoms with Gasteiger partial charge in [0.25, 0.3) is 0 Å². The van der Waals surface area contributed by atoms with Crippen LogP contribution in [0.3, 0.4) is 0 Å². The zero-order chi connectivity index (χ0) is 4.99. The third-order valence-corrected chi connectivity index (χ3v) is 0.551. The first-order chi connectivity index (χ1) is 2.77. The van der Waals surface area contributed by atoms with Crippen molar-refractivity contribution in [1.29, 1.82) is 0 Å². The smallest absolute Gasteiger partial charge is 0.153 e. The molecule has 0 bridgehead atoms. The normalized spacial score (nSPS) is 6.43. The molecule has 40 valence electrons. The van der Waals surface area contributed by atoms with Crippen molar-refractivity contribution in [3.63, 3.8) is 0 Å². The molecule has 0 saturated carbocycles. The summed E-state index contributed by atoms with van der Waals surface area (Å²) in [4.78, 5) is 9.88. The third kappa shape index (κ3) is 10.7. The van der Waals surface area contributed by atoms with Gasteiger partial charge in [-0.2, -0.15) is 9.90 Å². The van der Waals surface area contributed by atoms with E-state index in [9.17, 15) is 4.79 Å². The minimum Gasteiger partial charge on any atom is -0.153 e. The third-order valence-electron chi connectivity index (χ3n) is 0.248. The van der Waals surface area contributed by atoms with Crippen molar-refractivity contribution in [2.75, 3.05) is 0 Å². The van der Waals surface area contributed by atoms with E-state index >= 15 is 0 Å². The Bertz CT molecular complexity index is 59.7. The summed E-state index contributed by atoms with van der Waals surface area (Å²) in [6.45, 7) is 1.45. The molecule has 0 aliphatic carbocycles. The average Bonchev–Trinajstić information content (AvgIpc) is 1.35. The van der Waals surface area contributed by atoms with Crippen LogP contribution in [0.25, 0.3) is 0 Å². The van der Waals surface area contributed by atoms with Gasteiger partial charge < -0.3 is 0 Å². The second kappa shape index (κ2) is 6.50. The van der Waals surface area contributed by atoms with Crippen LogP contribution < -0.4 is 9.56 Å². The zero-order valence-electron chi connectivity index (χ0n) is 4.19. The molecular weight excluding hydrogens is 169 g/mol. The molecule has 0 aromatic heterocycles. The van der Waals surface area contributed by atoms with E-state index in [1.807, 2.05) is 0 Å². The molecule has 7 heavy (non-hydrogen) atoms. The van der Waals surface area contributed by atoms with E-state index in [2.05, 4.69) is 9.56 Å². The number of carbonyl (C=O) groups excluding carboxylic acids is 1. The molecule has 2 N–H and O–H groups in total. The molecule has 0 saturated heterocycles. The maximum atomic E-state index is 9.88. The number of hydrazine groups is 1. The summed E-state index contributed by atoms with van der Waals surface area (Å²) in [6.07, 6.45) is 0. The fourth-order valence-corrected chi connectivity index (χ4v) is 0.528. The second-order valence-electron chi connectivity index (χ2n) is 0.826. The Labute approximate surface area is 56.4 Å². The summed E-state index contributed by atoms with van der Waals surface area (Å²) in [5.74, 6) is -0.0561. The largest absolute Gasteiger partial charge is 0.153 e. The molecule has 1 atom stereocenters. The van der Waals surface area contributed by atoms with E-state index in [1.54, 1.807) is 0 Å². The van der Waals surface area contributed by atoms with Crippen LogP contribution in [0.15, 0.2) is 0 Å². The van der Waals surface area contributed by atoms with Crippen molar-refractivity contribution < 1.29 is 4.79 Å². The average molecular weight is 177 g/mol.